The second kappa shape index (κ2) is 5.84. The average Bonchev–Trinajstić information content (AvgIpc) is 3.11. The van der Waals surface area contributed by atoms with E-state index in [0.29, 0.717) is 17.6 Å². The van der Waals surface area contributed by atoms with Crippen molar-refractivity contribution in [2.45, 2.75) is 13.1 Å². The lowest BCUT2D eigenvalue weighted by atomic mass is 10.3. The summed E-state index contributed by atoms with van der Waals surface area (Å²) < 4.78 is 28.0. The Morgan fingerprint density at radius 3 is 2.86 bits per heavy atom. The lowest BCUT2D eigenvalue weighted by molar-refractivity contribution is -0.130. The molecule has 0 aliphatic carbocycles. The monoisotopic (exact) mass is 321 g/mol. The Balaban J connectivity index is 1.77. The number of hydrogen-bond acceptors (Lipinski definition) is 3. The number of carbonyl (C=O) groups excluding carboxylic acids is 1. The molecule has 2 aromatic heterocycles. The third kappa shape index (κ3) is 2.85. The molecule has 0 bridgehead atoms. The van der Waals surface area contributed by atoms with Gasteiger partial charge in [0.15, 0.2) is 11.6 Å². The number of benzene rings is 1. The lowest BCUT2D eigenvalue weighted by Gasteiger charge is -2.16. The first-order chi connectivity index (χ1) is 10.5. The maximum atomic E-state index is 13.3. The van der Waals surface area contributed by atoms with Gasteiger partial charge in [-0.25, -0.2) is 13.8 Å². The van der Waals surface area contributed by atoms with Crippen molar-refractivity contribution in [3.8, 4) is 0 Å². The predicted octanol–water partition coefficient (Wildman–Crippen LogP) is 3.03. The molecule has 0 unspecified atom stereocenters. The van der Waals surface area contributed by atoms with E-state index in [1.807, 2.05) is 17.5 Å². The summed E-state index contributed by atoms with van der Waals surface area (Å²) >= 11 is 1.58. The van der Waals surface area contributed by atoms with Gasteiger partial charge in [0, 0.05) is 24.1 Å². The van der Waals surface area contributed by atoms with Crippen LogP contribution in [-0.2, 0) is 17.9 Å². The van der Waals surface area contributed by atoms with Crippen LogP contribution in [0.4, 0.5) is 8.78 Å². The van der Waals surface area contributed by atoms with Gasteiger partial charge in [-0.3, -0.25) is 4.79 Å². The molecule has 22 heavy (non-hydrogen) atoms. The number of hydrogen-bond donors (Lipinski definition) is 0. The molecular weight excluding hydrogens is 308 g/mol. The third-order valence-electron chi connectivity index (χ3n) is 3.37. The van der Waals surface area contributed by atoms with E-state index in [1.54, 1.807) is 23.3 Å². The van der Waals surface area contributed by atoms with Gasteiger partial charge in [0.05, 0.1) is 23.9 Å². The first kappa shape index (κ1) is 14.6. The average molecular weight is 321 g/mol. The molecule has 0 N–H and O–H groups in total. The van der Waals surface area contributed by atoms with Crippen molar-refractivity contribution in [3.63, 3.8) is 0 Å². The summed E-state index contributed by atoms with van der Waals surface area (Å²) in [5, 5.41) is 1.95. The number of thiophene rings is 1. The number of carbonyl (C=O) groups is 1. The van der Waals surface area contributed by atoms with E-state index in [9.17, 15) is 13.6 Å². The smallest absolute Gasteiger partial charge is 0.242 e. The van der Waals surface area contributed by atoms with E-state index in [-0.39, 0.29) is 12.5 Å². The zero-order valence-electron chi connectivity index (χ0n) is 11.8. The highest BCUT2D eigenvalue weighted by atomic mass is 32.1. The Morgan fingerprint density at radius 1 is 1.36 bits per heavy atom. The molecule has 0 saturated heterocycles. The van der Waals surface area contributed by atoms with Crippen molar-refractivity contribution in [1.82, 2.24) is 14.5 Å². The van der Waals surface area contributed by atoms with Crippen LogP contribution in [0.5, 0.6) is 0 Å². The second-order valence-electron chi connectivity index (χ2n) is 4.96. The molecule has 0 aliphatic heterocycles. The third-order valence-corrected chi connectivity index (χ3v) is 4.23. The molecule has 7 heteroatoms. The van der Waals surface area contributed by atoms with E-state index in [0.717, 1.165) is 17.0 Å². The highest BCUT2D eigenvalue weighted by Crippen LogP contribution is 2.18. The fourth-order valence-electron chi connectivity index (χ4n) is 2.17. The van der Waals surface area contributed by atoms with Crippen LogP contribution in [0, 0.1) is 11.6 Å². The van der Waals surface area contributed by atoms with Crippen molar-refractivity contribution in [1.29, 1.82) is 0 Å². The topological polar surface area (TPSA) is 38.1 Å². The van der Waals surface area contributed by atoms with Crippen LogP contribution in [0.2, 0.25) is 0 Å². The molecule has 1 aromatic carbocycles. The van der Waals surface area contributed by atoms with Gasteiger partial charge in [-0.1, -0.05) is 6.07 Å². The molecule has 0 atom stereocenters. The molecule has 0 fully saturated rings. The van der Waals surface area contributed by atoms with Crippen LogP contribution in [0.1, 0.15) is 4.88 Å². The van der Waals surface area contributed by atoms with E-state index < -0.39 is 11.6 Å². The number of amides is 1. The number of rotatable bonds is 4. The van der Waals surface area contributed by atoms with Crippen LogP contribution in [0.3, 0.4) is 0 Å². The Bertz CT molecular complexity index is 814. The first-order valence-electron chi connectivity index (χ1n) is 6.61. The minimum Gasteiger partial charge on any atom is -0.339 e. The maximum absolute atomic E-state index is 13.3. The summed E-state index contributed by atoms with van der Waals surface area (Å²) in [5.41, 5.74) is 0.726. The Hall–Kier alpha value is -2.28. The van der Waals surface area contributed by atoms with Gasteiger partial charge in [0.2, 0.25) is 5.91 Å². The fourth-order valence-corrected chi connectivity index (χ4v) is 2.93. The number of likely N-dealkylation sites (N-methyl/N-ethyl adjacent to an activating group) is 1. The molecule has 0 aliphatic rings. The number of halogens is 2. The minimum absolute atomic E-state index is 0.0312. The molecule has 0 saturated carbocycles. The van der Waals surface area contributed by atoms with Crippen LogP contribution in [0.15, 0.2) is 36.0 Å². The fraction of sp³-hybridized carbons (Fsp3) is 0.200. The van der Waals surface area contributed by atoms with Crippen LogP contribution >= 0.6 is 11.3 Å². The molecule has 0 spiro atoms. The summed E-state index contributed by atoms with van der Waals surface area (Å²) in [4.78, 5) is 18.9. The molecule has 3 aromatic rings. The first-order valence-corrected chi connectivity index (χ1v) is 7.49. The van der Waals surface area contributed by atoms with Crippen molar-refractivity contribution in [2.24, 2.45) is 0 Å². The van der Waals surface area contributed by atoms with Gasteiger partial charge >= 0.3 is 0 Å². The van der Waals surface area contributed by atoms with Gasteiger partial charge in [-0.15, -0.1) is 11.3 Å². The molecule has 1 amide bonds. The summed E-state index contributed by atoms with van der Waals surface area (Å²) in [5.74, 6) is -2.02. The highest BCUT2D eigenvalue weighted by Gasteiger charge is 2.14. The molecule has 4 nitrogen and oxygen atoms in total. The standard InChI is InChI=1S/C15H13F2N3OS/c1-19(7-10-3-2-4-22-10)15(21)8-20-9-18-13-5-11(16)12(17)6-14(13)20/h2-6,9H,7-8H2,1H3. The number of imidazole rings is 1. The summed E-state index contributed by atoms with van der Waals surface area (Å²) in [6.07, 6.45) is 1.42. The maximum Gasteiger partial charge on any atom is 0.242 e. The predicted molar refractivity (Wildman–Crippen MR) is 80.4 cm³/mol. The second-order valence-corrected chi connectivity index (χ2v) is 5.99. The van der Waals surface area contributed by atoms with Gasteiger partial charge in [0.1, 0.15) is 6.54 Å². The summed E-state index contributed by atoms with van der Waals surface area (Å²) in [7, 11) is 1.71. The van der Waals surface area contributed by atoms with Crippen molar-refractivity contribution >= 4 is 28.3 Å². The van der Waals surface area contributed by atoms with E-state index in [1.165, 1.54) is 10.9 Å². The van der Waals surface area contributed by atoms with Gasteiger partial charge < -0.3 is 9.47 Å². The van der Waals surface area contributed by atoms with Crippen molar-refractivity contribution in [3.05, 3.63) is 52.5 Å². The van der Waals surface area contributed by atoms with Crippen molar-refractivity contribution in [2.75, 3.05) is 7.05 Å². The zero-order valence-corrected chi connectivity index (χ0v) is 12.6. The Morgan fingerprint density at radius 2 is 2.14 bits per heavy atom. The largest absolute Gasteiger partial charge is 0.339 e. The zero-order chi connectivity index (χ0) is 15.7. The molecule has 2 heterocycles. The number of aromatic nitrogens is 2. The summed E-state index contributed by atoms with van der Waals surface area (Å²) in [6.45, 7) is 0.551. The summed E-state index contributed by atoms with van der Waals surface area (Å²) in [6, 6.07) is 5.98. The number of nitrogens with zero attached hydrogens (tertiary/aromatic N) is 3. The van der Waals surface area contributed by atoms with E-state index in [4.69, 9.17) is 0 Å². The molecular formula is C15H13F2N3OS. The highest BCUT2D eigenvalue weighted by molar-refractivity contribution is 7.09. The normalized spacial score (nSPS) is 11.0. The van der Waals surface area contributed by atoms with Crippen LogP contribution in [0.25, 0.3) is 11.0 Å². The number of fused-ring (bicyclic) bond motifs is 1. The Kier molecular flexibility index (Phi) is 3.89. The van der Waals surface area contributed by atoms with Gasteiger partial charge in [0.25, 0.3) is 0 Å². The van der Waals surface area contributed by atoms with Crippen LogP contribution in [-0.4, -0.2) is 27.4 Å². The van der Waals surface area contributed by atoms with Crippen LogP contribution < -0.4 is 0 Å². The van der Waals surface area contributed by atoms with E-state index >= 15 is 0 Å². The molecule has 114 valence electrons. The minimum atomic E-state index is -0.950. The molecule has 3 rings (SSSR count). The van der Waals surface area contributed by atoms with E-state index in [2.05, 4.69) is 4.98 Å². The molecule has 0 radical (unpaired) electrons. The van der Waals surface area contributed by atoms with Crippen molar-refractivity contribution < 1.29 is 13.6 Å². The SMILES string of the molecule is CN(Cc1cccs1)C(=O)Cn1cnc2cc(F)c(F)cc21. The van der Waals surface area contributed by atoms with Gasteiger partial charge in [-0.2, -0.15) is 0 Å². The quantitative estimate of drug-likeness (QED) is 0.741. The Labute approximate surface area is 129 Å². The van der Waals surface area contributed by atoms with Gasteiger partial charge in [-0.05, 0) is 11.4 Å². The lowest BCUT2D eigenvalue weighted by Crippen LogP contribution is -2.29.